The number of rotatable bonds is 13. The van der Waals surface area contributed by atoms with Crippen molar-refractivity contribution in [2.45, 2.75) is 65.3 Å². The largest absolute Gasteiger partial charge is 0.347 e. The Morgan fingerprint density at radius 1 is 1.10 bits per heavy atom. The number of hydrogen-bond acceptors (Lipinski definition) is 3. The summed E-state index contributed by atoms with van der Waals surface area (Å²) in [5, 5.41) is 10.9. The summed E-state index contributed by atoms with van der Waals surface area (Å²) in [6, 6.07) is 9.29. The van der Waals surface area contributed by atoms with Crippen molar-refractivity contribution >= 4 is 17.5 Å². The Bertz CT molecular complexity index is 719. The number of hydrogen-bond donors (Lipinski definition) is 2. The number of nitrogens with zero attached hydrogens (tertiary/aromatic N) is 2. The van der Waals surface area contributed by atoms with Gasteiger partial charge >= 0.3 is 0 Å². The second-order valence-corrected chi connectivity index (χ2v) is 8.20. The molecule has 2 aromatic rings. The molecule has 0 bridgehead atoms. The SMILES string of the molecule is CCCCCN(CCCCC)CC(C)NC(=O)c1cc(-c2ccc(Cl)cc2)n[nH]1. The van der Waals surface area contributed by atoms with E-state index in [1.807, 2.05) is 24.3 Å². The number of carbonyl (C=O) groups is 1. The van der Waals surface area contributed by atoms with Crippen LogP contribution < -0.4 is 5.32 Å². The maximum Gasteiger partial charge on any atom is 0.269 e. The number of aromatic nitrogens is 2. The minimum atomic E-state index is -0.118. The molecular weight excluding hydrogens is 384 g/mol. The molecule has 1 amide bonds. The lowest BCUT2D eigenvalue weighted by Crippen LogP contribution is -2.42. The zero-order valence-electron chi connectivity index (χ0n) is 18.0. The highest BCUT2D eigenvalue weighted by Crippen LogP contribution is 2.20. The summed E-state index contributed by atoms with van der Waals surface area (Å²) in [6.45, 7) is 9.60. The first kappa shape index (κ1) is 23.4. The molecule has 0 saturated heterocycles. The number of unbranched alkanes of at least 4 members (excludes halogenated alkanes) is 4. The predicted molar refractivity (Wildman–Crippen MR) is 121 cm³/mol. The van der Waals surface area contributed by atoms with Gasteiger partial charge in [-0.15, -0.1) is 0 Å². The van der Waals surface area contributed by atoms with E-state index in [0.29, 0.717) is 10.7 Å². The van der Waals surface area contributed by atoms with Crippen LogP contribution in [0.25, 0.3) is 11.3 Å². The van der Waals surface area contributed by atoms with Crippen LogP contribution >= 0.6 is 11.6 Å². The van der Waals surface area contributed by atoms with Crippen molar-refractivity contribution in [1.29, 1.82) is 0 Å². The molecule has 6 heteroatoms. The van der Waals surface area contributed by atoms with Gasteiger partial charge in [0.15, 0.2) is 0 Å². The zero-order chi connectivity index (χ0) is 21.1. The predicted octanol–water partition coefficient (Wildman–Crippen LogP) is 5.53. The fourth-order valence-electron chi connectivity index (χ4n) is 3.41. The molecule has 160 valence electrons. The van der Waals surface area contributed by atoms with E-state index in [1.54, 1.807) is 6.07 Å². The smallest absolute Gasteiger partial charge is 0.269 e. The third-order valence-corrected chi connectivity index (χ3v) is 5.28. The highest BCUT2D eigenvalue weighted by atomic mass is 35.5. The number of amides is 1. The van der Waals surface area contributed by atoms with E-state index in [-0.39, 0.29) is 11.9 Å². The zero-order valence-corrected chi connectivity index (χ0v) is 18.8. The minimum Gasteiger partial charge on any atom is -0.347 e. The van der Waals surface area contributed by atoms with Crippen molar-refractivity contribution in [2.24, 2.45) is 0 Å². The minimum absolute atomic E-state index is 0.0769. The van der Waals surface area contributed by atoms with Gasteiger partial charge in [0, 0.05) is 23.2 Å². The third-order valence-electron chi connectivity index (χ3n) is 5.03. The van der Waals surface area contributed by atoms with E-state index in [4.69, 9.17) is 11.6 Å². The monoisotopic (exact) mass is 418 g/mol. The Labute approximate surface area is 180 Å². The van der Waals surface area contributed by atoms with Crippen LogP contribution in [0.3, 0.4) is 0 Å². The van der Waals surface area contributed by atoms with Gasteiger partial charge < -0.3 is 10.2 Å². The van der Waals surface area contributed by atoms with E-state index >= 15 is 0 Å². The summed E-state index contributed by atoms with van der Waals surface area (Å²) >= 11 is 5.94. The summed E-state index contributed by atoms with van der Waals surface area (Å²) in [7, 11) is 0. The van der Waals surface area contributed by atoms with Crippen molar-refractivity contribution in [2.75, 3.05) is 19.6 Å². The molecule has 0 fully saturated rings. The average Bonchev–Trinajstić information content (AvgIpc) is 3.19. The molecule has 1 unspecified atom stereocenters. The lowest BCUT2D eigenvalue weighted by atomic mass is 10.1. The fraction of sp³-hybridized carbons (Fsp3) is 0.565. The van der Waals surface area contributed by atoms with Crippen LogP contribution in [0.1, 0.15) is 69.8 Å². The Morgan fingerprint density at radius 2 is 1.72 bits per heavy atom. The number of aromatic amines is 1. The Morgan fingerprint density at radius 3 is 2.31 bits per heavy atom. The number of nitrogens with one attached hydrogen (secondary N) is 2. The maximum absolute atomic E-state index is 12.6. The number of halogens is 1. The van der Waals surface area contributed by atoms with Crippen LogP contribution in [0.15, 0.2) is 30.3 Å². The first-order valence-electron chi connectivity index (χ1n) is 10.9. The number of carbonyl (C=O) groups excluding carboxylic acids is 1. The highest BCUT2D eigenvalue weighted by Gasteiger charge is 2.16. The van der Waals surface area contributed by atoms with Gasteiger partial charge in [-0.1, -0.05) is 63.3 Å². The summed E-state index contributed by atoms with van der Waals surface area (Å²) in [4.78, 5) is 15.1. The molecule has 0 aliphatic heterocycles. The molecule has 1 aromatic carbocycles. The molecule has 2 rings (SSSR count). The van der Waals surface area contributed by atoms with E-state index < -0.39 is 0 Å². The van der Waals surface area contributed by atoms with Gasteiger partial charge in [0.2, 0.25) is 0 Å². The van der Waals surface area contributed by atoms with Crippen LogP contribution in [0.4, 0.5) is 0 Å². The molecular formula is C23H35ClN4O. The van der Waals surface area contributed by atoms with E-state index in [9.17, 15) is 4.79 Å². The molecule has 2 N–H and O–H groups in total. The first-order chi connectivity index (χ1) is 14.0. The van der Waals surface area contributed by atoms with Crippen molar-refractivity contribution in [3.63, 3.8) is 0 Å². The standard InChI is InChI=1S/C23H35ClN4O/c1-4-6-8-14-28(15-9-7-5-2)17-18(3)25-23(29)22-16-21(26-27-22)19-10-12-20(24)13-11-19/h10-13,16,18H,4-9,14-15,17H2,1-3H3,(H,25,29)(H,26,27). The normalized spacial score (nSPS) is 12.3. The highest BCUT2D eigenvalue weighted by molar-refractivity contribution is 6.30. The van der Waals surface area contributed by atoms with Crippen molar-refractivity contribution in [3.8, 4) is 11.3 Å². The molecule has 1 aromatic heterocycles. The Hall–Kier alpha value is -1.85. The fourth-order valence-corrected chi connectivity index (χ4v) is 3.53. The first-order valence-corrected chi connectivity index (χ1v) is 11.3. The average molecular weight is 419 g/mol. The Balaban J connectivity index is 1.89. The summed E-state index contributed by atoms with van der Waals surface area (Å²) in [6.07, 6.45) is 7.40. The van der Waals surface area contributed by atoms with Gasteiger partial charge in [-0.3, -0.25) is 9.89 Å². The summed E-state index contributed by atoms with van der Waals surface area (Å²) in [5.41, 5.74) is 2.14. The topological polar surface area (TPSA) is 61.0 Å². The van der Waals surface area contributed by atoms with E-state index in [0.717, 1.165) is 30.9 Å². The van der Waals surface area contributed by atoms with Crippen molar-refractivity contribution < 1.29 is 4.79 Å². The van der Waals surface area contributed by atoms with Gasteiger partial charge in [-0.05, 0) is 51.1 Å². The molecule has 1 heterocycles. The van der Waals surface area contributed by atoms with Gasteiger partial charge in [0.1, 0.15) is 5.69 Å². The van der Waals surface area contributed by atoms with Crippen molar-refractivity contribution in [3.05, 3.63) is 41.0 Å². The molecule has 0 aliphatic carbocycles. The molecule has 29 heavy (non-hydrogen) atoms. The van der Waals surface area contributed by atoms with Crippen molar-refractivity contribution in [1.82, 2.24) is 20.4 Å². The molecule has 0 aliphatic rings. The Kier molecular flexibility index (Phi) is 10.2. The maximum atomic E-state index is 12.6. The van der Waals surface area contributed by atoms with E-state index in [1.165, 1.54) is 38.5 Å². The number of benzene rings is 1. The molecule has 1 atom stereocenters. The molecule has 5 nitrogen and oxygen atoms in total. The molecule has 0 spiro atoms. The van der Waals surface area contributed by atoms with Crippen LogP contribution in [0.2, 0.25) is 5.02 Å². The van der Waals surface area contributed by atoms with Crippen LogP contribution in [-0.2, 0) is 0 Å². The quantitative estimate of drug-likeness (QED) is 0.420. The summed E-state index contributed by atoms with van der Waals surface area (Å²) in [5.74, 6) is -0.118. The lowest BCUT2D eigenvalue weighted by molar-refractivity contribution is 0.0923. The van der Waals surface area contributed by atoms with Crippen LogP contribution in [-0.4, -0.2) is 46.7 Å². The van der Waals surface area contributed by atoms with Crippen LogP contribution in [0, 0.1) is 0 Å². The van der Waals surface area contributed by atoms with Gasteiger partial charge in [-0.25, -0.2) is 0 Å². The van der Waals surface area contributed by atoms with Crippen LogP contribution in [0.5, 0.6) is 0 Å². The molecule has 0 radical (unpaired) electrons. The summed E-state index contributed by atoms with van der Waals surface area (Å²) < 4.78 is 0. The second-order valence-electron chi connectivity index (χ2n) is 7.76. The lowest BCUT2D eigenvalue weighted by Gasteiger charge is -2.26. The van der Waals surface area contributed by atoms with Gasteiger partial charge in [-0.2, -0.15) is 5.10 Å². The van der Waals surface area contributed by atoms with Gasteiger partial charge in [0.25, 0.3) is 5.91 Å². The molecule has 0 saturated carbocycles. The third kappa shape index (κ3) is 8.19. The van der Waals surface area contributed by atoms with Gasteiger partial charge in [0.05, 0.1) is 5.69 Å². The van der Waals surface area contributed by atoms with E-state index in [2.05, 4.69) is 41.2 Å². The second kappa shape index (κ2) is 12.7. The number of H-pyrrole nitrogens is 1.